The number of β-amino-alcohol motifs (C(OH)–C–C–N with tert-alkyl or cyclic N) is 1. The highest BCUT2D eigenvalue weighted by molar-refractivity contribution is 5.31. The van der Waals surface area contributed by atoms with E-state index in [-0.39, 0.29) is 6.10 Å². The third-order valence-corrected chi connectivity index (χ3v) is 4.53. The van der Waals surface area contributed by atoms with Gasteiger partial charge in [-0.05, 0) is 55.8 Å². The molecule has 0 saturated carbocycles. The minimum Gasteiger partial charge on any atom is -0.387 e. The normalized spacial score (nSPS) is 22.4. The molecule has 1 N–H and O–H groups in total. The van der Waals surface area contributed by atoms with Crippen LogP contribution in [0.15, 0.2) is 18.2 Å². The van der Waals surface area contributed by atoms with Crippen molar-refractivity contribution in [3.8, 4) is 0 Å². The lowest BCUT2D eigenvalue weighted by Crippen LogP contribution is -2.37. The fraction of sp³-hybridized carbons (Fsp3) is 0.647. The predicted octanol–water partition coefficient (Wildman–Crippen LogP) is 3.46. The summed E-state index contributed by atoms with van der Waals surface area (Å²) in [5.74, 6) is 0.820. The van der Waals surface area contributed by atoms with Crippen LogP contribution in [0.25, 0.3) is 0 Å². The third-order valence-electron chi connectivity index (χ3n) is 4.53. The monoisotopic (exact) mass is 261 g/mol. The molecule has 0 aromatic heterocycles. The topological polar surface area (TPSA) is 23.5 Å². The summed E-state index contributed by atoms with van der Waals surface area (Å²) in [6.07, 6.45) is 3.54. The molecule has 1 heterocycles. The maximum absolute atomic E-state index is 10.4. The van der Waals surface area contributed by atoms with Gasteiger partial charge in [0, 0.05) is 13.1 Å². The van der Waals surface area contributed by atoms with Gasteiger partial charge in [0.05, 0.1) is 6.10 Å². The van der Waals surface area contributed by atoms with Crippen LogP contribution in [0.3, 0.4) is 0 Å². The smallest absolute Gasteiger partial charge is 0.0917 e. The average Bonchev–Trinajstić information content (AvgIpc) is 2.42. The first-order valence-corrected chi connectivity index (χ1v) is 7.57. The minimum atomic E-state index is -0.352. The number of benzene rings is 1. The van der Waals surface area contributed by atoms with Crippen molar-refractivity contribution in [3.05, 3.63) is 34.9 Å². The molecule has 1 saturated heterocycles. The van der Waals surface area contributed by atoms with Gasteiger partial charge in [0.2, 0.25) is 0 Å². The van der Waals surface area contributed by atoms with Gasteiger partial charge >= 0.3 is 0 Å². The van der Waals surface area contributed by atoms with Crippen LogP contribution in [0.1, 0.15) is 49.0 Å². The molecule has 106 valence electrons. The maximum atomic E-state index is 10.4. The number of aliphatic hydroxyl groups is 1. The summed E-state index contributed by atoms with van der Waals surface area (Å²) in [5.41, 5.74) is 3.61. The zero-order chi connectivity index (χ0) is 13.8. The predicted molar refractivity (Wildman–Crippen MR) is 80.3 cm³/mol. The van der Waals surface area contributed by atoms with Crippen LogP contribution in [-0.4, -0.2) is 29.6 Å². The molecule has 0 radical (unpaired) electrons. The molecule has 0 amide bonds. The Kier molecular flexibility index (Phi) is 5.00. The lowest BCUT2D eigenvalue weighted by atomic mass is 9.95. The second-order valence-corrected chi connectivity index (χ2v) is 6.04. The van der Waals surface area contributed by atoms with Crippen molar-refractivity contribution < 1.29 is 5.11 Å². The number of aliphatic hydroxyl groups excluding tert-OH is 1. The number of hydrogen-bond donors (Lipinski definition) is 1. The van der Waals surface area contributed by atoms with Crippen LogP contribution in [0.2, 0.25) is 0 Å². The molecular formula is C17H27NO. The van der Waals surface area contributed by atoms with E-state index in [1.165, 1.54) is 30.4 Å². The first-order valence-electron chi connectivity index (χ1n) is 7.57. The van der Waals surface area contributed by atoms with Gasteiger partial charge < -0.3 is 10.0 Å². The summed E-state index contributed by atoms with van der Waals surface area (Å²) in [6.45, 7) is 9.56. The third kappa shape index (κ3) is 3.80. The van der Waals surface area contributed by atoms with E-state index in [1.807, 2.05) is 0 Å². The van der Waals surface area contributed by atoms with E-state index in [2.05, 4.69) is 43.9 Å². The van der Waals surface area contributed by atoms with Gasteiger partial charge in [-0.15, -0.1) is 0 Å². The molecule has 2 nitrogen and oxygen atoms in total. The highest BCUT2D eigenvalue weighted by Gasteiger charge is 2.21. The van der Waals surface area contributed by atoms with Gasteiger partial charge in [0.25, 0.3) is 0 Å². The van der Waals surface area contributed by atoms with Crippen LogP contribution in [0.4, 0.5) is 0 Å². The number of rotatable bonds is 4. The minimum absolute atomic E-state index is 0.352. The average molecular weight is 261 g/mol. The summed E-state index contributed by atoms with van der Waals surface area (Å²) < 4.78 is 0. The number of likely N-dealkylation sites (tertiary alicyclic amines) is 1. The summed E-state index contributed by atoms with van der Waals surface area (Å²) in [6, 6.07) is 6.30. The van der Waals surface area contributed by atoms with Crippen LogP contribution in [0.5, 0.6) is 0 Å². The Morgan fingerprint density at radius 1 is 1.32 bits per heavy atom. The fourth-order valence-electron chi connectivity index (χ4n) is 2.97. The van der Waals surface area contributed by atoms with E-state index in [0.717, 1.165) is 31.1 Å². The highest BCUT2D eigenvalue weighted by Crippen LogP contribution is 2.23. The molecule has 1 aliphatic rings. The standard InChI is InChI=1S/C17H27NO/c1-4-15-6-5-9-18(11-15)12-17(19)16-8-7-13(2)14(3)10-16/h7-8,10,15,17,19H,4-6,9,11-12H2,1-3H3. The molecule has 0 spiro atoms. The van der Waals surface area contributed by atoms with Gasteiger partial charge in [-0.25, -0.2) is 0 Å². The van der Waals surface area contributed by atoms with Crippen molar-refractivity contribution in [1.82, 2.24) is 4.90 Å². The zero-order valence-corrected chi connectivity index (χ0v) is 12.5. The van der Waals surface area contributed by atoms with Gasteiger partial charge in [0.1, 0.15) is 0 Å². The zero-order valence-electron chi connectivity index (χ0n) is 12.5. The summed E-state index contributed by atoms with van der Waals surface area (Å²) >= 11 is 0. The van der Waals surface area contributed by atoms with E-state index in [1.54, 1.807) is 0 Å². The van der Waals surface area contributed by atoms with Crippen molar-refractivity contribution in [1.29, 1.82) is 0 Å². The summed E-state index contributed by atoms with van der Waals surface area (Å²) in [7, 11) is 0. The SMILES string of the molecule is CCC1CCCN(CC(O)c2ccc(C)c(C)c2)C1. The second kappa shape index (κ2) is 6.53. The molecule has 0 aliphatic carbocycles. The number of aryl methyl sites for hydroxylation is 2. The molecule has 19 heavy (non-hydrogen) atoms. The molecule has 1 fully saturated rings. The van der Waals surface area contributed by atoms with Crippen LogP contribution in [0, 0.1) is 19.8 Å². The maximum Gasteiger partial charge on any atom is 0.0917 e. The van der Waals surface area contributed by atoms with Gasteiger partial charge in [-0.3, -0.25) is 0 Å². The highest BCUT2D eigenvalue weighted by atomic mass is 16.3. The van der Waals surface area contributed by atoms with Gasteiger partial charge in [0.15, 0.2) is 0 Å². The Balaban J connectivity index is 1.96. The molecule has 1 aliphatic heterocycles. The number of hydrogen-bond acceptors (Lipinski definition) is 2. The second-order valence-electron chi connectivity index (χ2n) is 6.04. The van der Waals surface area contributed by atoms with Crippen molar-refractivity contribution in [2.75, 3.05) is 19.6 Å². The molecule has 1 aromatic carbocycles. The van der Waals surface area contributed by atoms with Gasteiger partial charge in [-0.1, -0.05) is 31.5 Å². The van der Waals surface area contributed by atoms with Crippen molar-refractivity contribution in [2.45, 2.75) is 46.1 Å². The fourth-order valence-corrected chi connectivity index (χ4v) is 2.97. The van der Waals surface area contributed by atoms with E-state index in [0.29, 0.717) is 0 Å². The molecule has 2 unspecified atom stereocenters. The molecular weight excluding hydrogens is 234 g/mol. The Labute approximate surface area is 117 Å². The molecule has 2 heteroatoms. The van der Waals surface area contributed by atoms with Crippen molar-refractivity contribution in [2.24, 2.45) is 5.92 Å². The lowest BCUT2D eigenvalue weighted by molar-refractivity contribution is 0.0836. The van der Waals surface area contributed by atoms with Crippen LogP contribution >= 0.6 is 0 Å². The van der Waals surface area contributed by atoms with E-state index < -0.39 is 0 Å². The van der Waals surface area contributed by atoms with Crippen molar-refractivity contribution >= 4 is 0 Å². The molecule has 1 aromatic rings. The van der Waals surface area contributed by atoms with Crippen LogP contribution < -0.4 is 0 Å². The van der Waals surface area contributed by atoms with Crippen molar-refractivity contribution in [3.63, 3.8) is 0 Å². The van der Waals surface area contributed by atoms with E-state index >= 15 is 0 Å². The molecule has 0 bridgehead atoms. The Morgan fingerprint density at radius 2 is 2.11 bits per heavy atom. The van der Waals surface area contributed by atoms with Crippen LogP contribution in [-0.2, 0) is 0 Å². The van der Waals surface area contributed by atoms with E-state index in [9.17, 15) is 5.11 Å². The molecule has 2 rings (SSSR count). The Morgan fingerprint density at radius 3 is 2.79 bits per heavy atom. The van der Waals surface area contributed by atoms with Gasteiger partial charge in [-0.2, -0.15) is 0 Å². The Hall–Kier alpha value is -0.860. The number of piperidine rings is 1. The quantitative estimate of drug-likeness (QED) is 0.897. The first-order chi connectivity index (χ1) is 9.10. The molecule has 2 atom stereocenters. The van der Waals surface area contributed by atoms with E-state index in [4.69, 9.17) is 0 Å². The first kappa shape index (κ1) is 14.5. The largest absolute Gasteiger partial charge is 0.387 e. The number of nitrogens with zero attached hydrogens (tertiary/aromatic N) is 1. The summed E-state index contributed by atoms with van der Waals surface area (Å²) in [5, 5.41) is 10.4. The lowest BCUT2D eigenvalue weighted by Gasteiger charge is -2.33. The Bertz CT molecular complexity index is 416. The summed E-state index contributed by atoms with van der Waals surface area (Å²) in [4.78, 5) is 2.43.